The van der Waals surface area contributed by atoms with Gasteiger partial charge in [0, 0.05) is 11.3 Å². The number of amides is 1. The van der Waals surface area contributed by atoms with Crippen LogP contribution in [0.25, 0.3) is 0 Å². The standard InChI is InChI=1S/C11H16N2O3/c1-7-9(3-2-4-10(7)12)11(16)13-8(5-14)6-15/h2-4,8,14-15H,5-6,12H2,1H3,(H,13,16). The molecule has 5 heteroatoms. The number of benzene rings is 1. The molecule has 1 rings (SSSR count). The monoisotopic (exact) mass is 224 g/mol. The first-order valence-electron chi connectivity index (χ1n) is 4.97. The minimum absolute atomic E-state index is 0.302. The van der Waals surface area contributed by atoms with Crippen molar-refractivity contribution in [3.8, 4) is 0 Å². The van der Waals surface area contributed by atoms with Crippen LogP contribution in [0.2, 0.25) is 0 Å². The Kier molecular flexibility index (Phi) is 4.28. The zero-order valence-corrected chi connectivity index (χ0v) is 9.10. The summed E-state index contributed by atoms with van der Waals surface area (Å²) in [6.45, 7) is 1.14. The lowest BCUT2D eigenvalue weighted by molar-refractivity contribution is 0.0879. The Morgan fingerprint density at radius 2 is 2.06 bits per heavy atom. The molecule has 88 valence electrons. The Labute approximate surface area is 93.9 Å². The molecule has 1 amide bonds. The van der Waals surface area contributed by atoms with Crippen molar-refractivity contribution in [2.24, 2.45) is 0 Å². The quantitative estimate of drug-likeness (QED) is 0.526. The van der Waals surface area contributed by atoms with E-state index in [1.54, 1.807) is 25.1 Å². The van der Waals surface area contributed by atoms with Crippen LogP contribution in [0.1, 0.15) is 15.9 Å². The van der Waals surface area contributed by atoms with E-state index in [0.29, 0.717) is 16.8 Å². The van der Waals surface area contributed by atoms with Crippen molar-refractivity contribution in [1.29, 1.82) is 0 Å². The first-order valence-corrected chi connectivity index (χ1v) is 4.97. The largest absolute Gasteiger partial charge is 0.398 e. The SMILES string of the molecule is Cc1c(N)cccc1C(=O)NC(CO)CO. The Morgan fingerprint density at radius 1 is 1.44 bits per heavy atom. The minimum Gasteiger partial charge on any atom is -0.398 e. The molecule has 1 aromatic rings. The van der Waals surface area contributed by atoms with Crippen LogP contribution in [0, 0.1) is 6.92 Å². The second-order valence-corrected chi connectivity index (χ2v) is 3.56. The number of nitrogen functional groups attached to an aromatic ring is 1. The zero-order chi connectivity index (χ0) is 12.1. The number of rotatable bonds is 4. The van der Waals surface area contributed by atoms with Gasteiger partial charge < -0.3 is 21.3 Å². The summed E-state index contributed by atoms with van der Waals surface area (Å²) in [5, 5.41) is 20.2. The number of aliphatic hydroxyl groups is 2. The third-order valence-corrected chi connectivity index (χ3v) is 2.40. The Balaban J connectivity index is 2.84. The van der Waals surface area contributed by atoms with Gasteiger partial charge in [-0.2, -0.15) is 0 Å². The zero-order valence-electron chi connectivity index (χ0n) is 9.10. The lowest BCUT2D eigenvalue weighted by atomic mass is 10.1. The van der Waals surface area contributed by atoms with Crippen LogP contribution in [-0.2, 0) is 0 Å². The van der Waals surface area contributed by atoms with E-state index in [9.17, 15) is 4.79 Å². The molecule has 5 N–H and O–H groups in total. The number of anilines is 1. The topological polar surface area (TPSA) is 95.6 Å². The summed E-state index contributed by atoms with van der Waals surface area (Å²) in [4.78, 5) is 11.8. The Morgan fingerprint density at radius 3 is 2.62 bits per heavy atom. The molecule has 0 radical (unpaired) electrons. The number of nitrogens with one attached hydrogen (secondary N) is 1. The molecule has 0 heterocycles. The van der Waals surface area contributed by atoms with Gasteiger partial charge in [0.05, 0.1) is 19.3 Å². The predicted octanol–water partition coefficient (Wildman–Crippen LogP) is -0.340. The molecule has 0 saturated carbocycles. The van der Waals surface area contributed by atoms with Gasteiger partial charge in [-0.05, 0) is 24.6 Å². The lowest BCUT2D eigenvalue weighted by Crippen LogP contribution is -2.40. The first kappa shape index (κ1) is 12.5. The summed E-state index contributed by atoms with van der Waals surface area (Å²) in [7, 11) is 0. The van der Waals surface area contributed by atoms with Crippen LogP contribution in [0.4, 0.5) is 5.69 Å². The summed E-state index contributed by atoms with van der Waals surface area (Å²) in [6, 6.07) is 4.40. The van der Waals surface area contributed by atoms with E-state index in [1.165, 1.54) is 0 Å². The van der Waals surface area contributed by atoms with Gasteiger partial charge in [-0.3, -0.25) is 4.79 Å². The van der Waals surface area contributed by atoms with E-state index in [-0.39, 0.29) is 19.1 Å². The highest BCUT2D eigenvalue weighted by Crippen LogP contribution is 2.15. The van der Waals surface area contributed by atoms with Crippen LogP contribution >= 0.6 is 0 Å². The molecule has 5 nitrogen and oxygen atoms in total. The minimum atomic E-state index is -0.645. The predicted molar refractivity (Wildman–Crippen MR) is 61.0 cm³/mol. The number of hydrogen-bond acceptors (Lipinski definition) is 4. The maximum atomic E-state index is 11.8. The van der Waals surface area contributed by atoms with E-state index >= 15 is 0 Å². The van der Waals surface area contributed by atoms with Gasteiger partial charge in [0.15, 0.2) is 0 Å². The fourth-order valence-corrected chi connectivity index (χ4v) is 1.31. The van der Waals surface area contributed by atoms with Crippen molar-refractivity contribution in [1.82, 2.24) is 5.32 Å². The van der Waals surface area contributed by atoms with Gasteiger partial charge in [0.2, 0.25) is 0 Å². The molecule has 0 spiro atoms. The van der Waals surface area contributed by atoms with Crippen molar-refractivity contribution in [3.63, 3.8) is 0 Å². The summed E-state index contributed by atoms with van der Waals surface area (Å²) >= 11 is 0. The van der Waals surface area contributed by atoms with Gasteiger partial charge in [-0.25, -0.2) is 0 Å². The fourth-order valence-electron chi connectivity index (χ4n) is 1.31. The molecule has 16 heavy (non-hydrogen) atoms. The Hall–Kier alpha value is -1.59. The number of carbonyl (C=O) groups excluding carboxylic acids is 1. The Bertz CT molecular complexity index is 375. The van der Waals surface area contributed by atoms with E-state index in [2.05, 4.69) is 5.32 Å². The molecule has 0 aromatic heterocycles. The smallest absolute Gasteiger partial charge is 0.252 e. The highest BCUT2D eigenvalue weighted by atomic mass is 16.3. The van der Waals surface area contributed by atoms with Gasteiger partial charge in [-0.15, -0.1) is 0 Å². The number of aliphatic hydroxyl groups excluding tert-OH is 2. The fraction of sp³-hybridized carbons (Fsp3) is 0.364. The third kappa shape index (κ3) is 2.71. The molecule has 0 aliphatic rings. The first-order chi connectivity index (χ1) is 7.60. The summed E-state index contributed by atoms with van der Waals surface area (Å²) in [5.74, 6) is -0.349. The summed E-state index contributed by atoms with van der Waals surface area (Å²) < 4.78 is 0. The van der Waals surface area contributed by atoms with Gasteiger partial charge >= 0.3 is 0 Å². The molecule has 0 unspecified atom stereocenters. The van der Waals surface area contributed by atoms with E-state index < -0.39 is 6.04 Å². The number of nitrogens with two attached hydrogens (primary N) is 1. The van der Waals surface area contributed by atoms with Crippen molar-refractivity contribution in [3.05, 3.63) is 29.3 Å². The maximum absolute atomic E-state index is 11.8. The second kappa shape index (κ2) is 5.48. The van der Waals surface area contributed by atoms with Crippen molar-refractivity contribution < 1.29 is 15.0 Å². The molecule has 0 aliphatic heterocycles. The van der Waals surface area contributed by atoms with Crippen LogP contribution < -0.4 is 11.1 Å². The maximum Gasteiger partial charge on any atom is 0.252 e. The van der Waals surface area contributed by atoms with Crippen LogP contribution in [0.5, 0.6) is 0 Å². The third-order valence-electron chi connectivity index (χ3n) is 2.40. The van der Waals surface area contributed by atoms with E-state index in [4.69, 9.17) is 15.9 Å². The average molecular weight is 224 g/mol. The van der Waals surface area contributed by atoms with E-state index in [0.717, 1.165) is 0 Å². The summed E-state index contributed by atoms with van der Waals surface area (Å²) in [5.41, 5.74) is 7.35. The van der Waals surface area contributed by atoms with Gasteiger partial charge in [-0.1, -0.05) is 6.07 Å². The molecule has 0 bridgehead atoms. The second-order valence-electron chi connectivity index (χ2n) is 3.56. The van der Waals surface area contributed by atoms with Crippen LogP contribution in [0.3, 0.4) is 0 Å². The van der Waals surface area contributed by atoms with Crippen molar-refractivity contribution in [2.45, 2.75) is 13.0 Å². The number of carbonyl (C=O) groups is 1. The molecule has 0 fully saturated rings. The lowest BCUT2D eigenvalue weighted by Gasteiger charge is -2.14. The van der Waals surface area contributed by atoms with Crippen LogP contribution in [-0.4, -0.2) is 35.4 Å². The van der Waals surface area contributed by atoms with Gasteiger partial charge in [0.1, 0.15) is 0 Å². The van der Waals surface area contributed by atoms with Crippen LogP contribution in [0.15, 0.2) is 18.2 Å². The molecule has 0 atom stereocenters. The number of hydrogen-bond donors (Lipinski definition) is 4. The molecule has 0 saturated heterocycles. The highest BCUT2D eigenvalue weighted by molar-refractivity contribution is 5.97. The normalized spacial score (nSPS) is 10.5. The van der Waals surface area contributed by atoms with Crippen molar-refractivity contribution in [2.75, 3.05) is 18.9 Å². The molecular formula is C11H16N2O3. The molecule has 1 aromatic carbocycles. The highest BCUT2D eigenvalue weighted by Gasteiger charge is 2.14. The average Bonchev–Trinajstić information content (AvgIpc) is 2.29. The molecular weight excluding hydrogens is 208 g/mol. The van der Waals surface area contributed by atoms with E-state index in [1.807, 2.05) is 0 Å². The van der Waals surface area contributed by atoms with Gasteiger partial charge in [0.25, 0.3) is 5.91 Å². The summed E-state index contributed by atoms with van der Waals surface area (Å²) in [6.07, 6.45) is 0. The molecule has 0 aliphatic carbocycles. The van der Waals surface area contributed by atoms with Crippen molar-refractivity contribution >= 4 is 11.6 Å².